The van der Waals surface area contributed by atoms with Crippen LogP contribution in [0.2, 0.25) is 0 Å². The van der Waals surface area contributed by atoms with E-state index in [-0.39, 0.29) is 30.7 Å². The number of hydrogen-bond donors (Lipinski definition) is 1. The summed E-state index contributed by atoms with van der Waals surface area (Å²) in [6, 6.07) is 23.0. The average molecular weight is 548 g/mol. The first-order valence-corrected chi connectivity index (χ1v) is 13.4. The molecular weight excluding hydrogens is 509 g/mol. The number of benzene rings is 3. The van der Waals surface area contributed by atoms with Crippen molar-refractivity contribution in [3.63, 3.8) is 0 Å². The second kappa shape index (κ2) is 13.9. The minimum absolute atomic E-state index is 0.0684. The van der Waals surface area contributed by atoms with Crippen LogP contribution in [0.4, 0.5) is 9.18 Å². The van der Waals surface area contributed by atoms with Crippen LogP contribution in [0.3, 0.4) is 0 Å². The first-order valence-electron chi connectivity index (χ1n) is 13.4. The third kappa shape index (κ3) is 8.80. The SMILES string of the molecule is CCC(C(C)OC(C)(C)O)N(Cc1cccc(OCc2ccccc2)c1)C(=O)N(C)Cc1ccc(F)c(C#N)c1. The van der Waals surface area contributed by atoms with Crippen LogP contribution in [-0.4, -0.2) is 45.9 Å². The molecule has 0 fully saturated rings. The van der Waals surface area contributed by atoms with Gasteiger partial charge in [0.1, 0.15) is 24.2 Å². The van der Waals surface area contributed by atoms with Gasteiger partial charge in [0.2, 0.25) is 0 Å². The van der Waals surface area contributed by atoms with Crippen LogP contribution in [0.15, 0.2) is 72.8 Å². The Morgan fingerprint density at radius 2 is 1.70 bits per heavy atom. The molecule has 0 saturated heterocycles. The molecule has 0 radical (unpaired) electrons. The van der Waals surface area contributed by atoms with Gasteiger partial charge in [-0.2, -0.15) is 5.26 Å². The van der Waals surface area contributed by atoms with Gasteiger partial charge >= 0.3 is 6.03 Å². The summed E-state index contributed by atoms with van der Waals surface area (Å²) in [5, 5.41) is 19.5. The molecule has 40 heavy (non-hydrogen) atoms. The van der Waals surface area contributed by atoms with Crippen LogP contribution < -0.4 is 4.74 Å². The fraction of sp³-hybridized carbons (Fsp3) is 0.375. The van der Waals surface area contributed by atoms with Crippen molar-refractivity contribution in [3.05, 3.63) is 101 Å². The maximum absolute atomic E-state index is 13.9. The topological polar surface area (TPSA) is 86.0 Å². The Balaban J connectivity index is 1.85. The summed E-state index contributed by atoms with van der Waals surface area (Å²) >= 11 is 0. The zero-order valence-electron chi connectivity index (χ0n) is 23.8. The monoisotopic (exact) mass is 547 g/mol. The maximum Gasteiger partial charge on any atom is 0.320 e. The molecule has 7 nitrogen and oxygen atoms in total. The van der Waals surface area contributed by atoms with Gasteiger partial charge in [-0.3, -0.25) is 0 Å². The second-order valence-corrected chi connectivity index (χ2v) is 10.4. The van der Waals surface area contributed by atoms with Gasteiger partial charge in [-0.25, -0.2) is 9.18 Å². The van der Waals surface area contributed by atoms with Crippen molar-refractivity contribution < 1.29 is 23.8 Å². The molecule has 0 aliphatic carbocycles. The van der Waals surface area contributed by atoms with Gasteiger partial charge in [0, 0.05) is 20.1 Å². The number of amides is 2. The number of rotatable bonds is 12. The molecule has 0 bridgehead atoms. The van der Waals surface area contributed by atoms with Crippen LogP contribution in [0.1, 0.15) is 56.4 Å². The van der Waals surface area contributed by atoms with Crippen molar-refractivity contribution in [1.29, 1.82) is 5.26 Å². The summed E-state index contributed by atoms with van der Waals surface area (Å²) in [7, 11) is 1.67. The smallest absolute Gasteiger partial charge is 0.320 e. The molecule has 1 N–H and O–H groups in total. The highest BCUT2D eigenvalue weighted by molar-refractivity contribution is 5.74. The lowest BCUT2D eigenvalue weighted by Crippen LogP contribution is -2.51. The van der Waals surface area contributed by atoms with Gasteiger partial charge in [-0.1, -0.05) is 55.5 Å². The standard InChI is InChI=1S/C32H38FN3O4/c1-6-30(23(2)40-32(3,4)38)36(31(37)35(5)20-26-15-16-29(33)27(17-26)19-34)21-25-13-10-14-28(18-25)39-22-24-11-8-7-9-12-24/h7-18,23,30,38H,6,20-22H2,1-5H3. The molecular formula is C32H38FN3O4. The van der Waals surface area contributed by atoms with Crippen molar-refractivity contribution >= 4 is 6.03 Å². The van der Waals surface area contributed by atoms with E-state index in [4.69, 9.17) is 9.47 Å². The molecule has 2 amide bonds. The average Bonchev–Trinajstić information content (AvgIpc) is 2.92. The Bertz CT molecular complexity index is 1300. The molecule has 0 spiro atoms. The molecule has 8 heteroatoms. The molecule has 2 atom stereocenters. The van der Waals surface area contributed by atoms with E-state index in [1.54, 1.807) is 31.9 Å². The van der Waals surface area contributed by atoms with Gasteiger partial charge in [-0.05, 0) is 68.1 Å². The van der Waals surface area contributed by atoms with E-state index in [9.17, 15) is 19.6 Å². The Labute approximate surface area is 236 Å². The van der Waals surface area contributed by atoms with E-state index < -0.39 is 17.7 Å². The number of carbonyl (C=O) groups excluding carboxylic acids is 1. The predicted molar refractivity (Wildman–Crippen MR) is 152 cm³/mol. The van der Waals surface area contributed by atoms with Gasteiger partial charge in [0.25, 0.3) is 0 Å². The Morgan fingerprint density at radius 1 is 1.02 bits per heavy atom. The zero-order valence-corrected chi connectivity index (χ0v) is 23.8. The molecule has 0 saturated carbocycles. The fourth-order valence-corrected chi connectivity index (χ4v) is 4.65. The van der Waals surface area contributed by atoms with Crippen molar-refractivity contribution in [3.8, 4) is 11.8 Å². The zero-order chi connectivity index (χ0) is 29.3. The Hall–Kier alpha value is -3.93. The van der Waals surface area contributed by atoms with Gasteiger partial charge in [0.15, 0.2) is 5.79 Å². The lowest BCUT2D eigenvalue weighted by molar-refractivity contribution is -0.212. The maximum atomic E-state index is 13.9. The number of urea groups is 1. The number of carbonyl (C=O) groups is 1. The minimum Gasteiger partial charge on any atom is -0.489 e. The summed E-state index contributed by atoms with van der Waals surface area (Å²) in [5.41, 5.74) is 2.49. The summed E-state index contributed by atoms with van der Waals surface area (Å²) in [6.45, 7) is 7.80. The first-order chi connectivity index (χ1) is 19.0. The number of nitriles is 1. The van der Waals surface area contributed by atoms with Crippen LogP contribution >= 0.6 is 0 Å². The first kappa shape index (κ1) is 30.6. The number of ether oxygens (including phenoxy) is 2. The van der Waals surface area contributed by atoms with Crippen LogP contribution in [-0.2, 0) is 24.4 Å². The fourth-order valence-electron chi connectivity index (χ4n) is 4.65. The number of aliphatic hydroxyl groups is 1. The number of nitrogens with zero attached hydrogens (tertiary/aromatic N) is 3. The van der Waals surface area contributed by atoms with E-state index in [1.807, 2.05) is 74.5 Å². The summed E-state index contributed by atoms with van der Waals surface area (Å²) < 4.78 is 25.7. The molecule has 212 valence electrons. The summed E-state index contributed by atoms with van der Waals surface area (Å²) in [5.74, 6) is -1.29. The molecule has 0 aromatic heterocycles. The second-order valence-electron chi connectivity index (χ2n) is 10.4. The lowest BCUT2D eigenvalue weighted by atomic mass is 10.1. The Kier molecular flexibility index (Phi) is 10.7. The quantitative estimate of drug-likeness (QED) is 0.271. The van der Waals surface area contributed by atoms with E-state index in [2.05, 4.69) is 0 Å². The van der Waals surface area contributed by atoms with E-state index >= 15 is 0 Å². The molecule has 2 unspecified atom stereocenters. The molecule has 3 aromatic carbocycles. The predicted octanol–water partition coefficient (Wildman–Crippen LogP) is 6.24. The molecule has 3 aromatic rings. The van der Waals surface area contributed by atoms with Gasteiger partial charge in [0.05, 0.1) is 17.7 Å². The molecule has 0 aliphatic heterocycles. The van der Waals surface area contributed by atoms with Crippen LogP contribution in [0, 0.1) is 17.1 Å². The van der Waals surface area contributed by atoms with E-state index in [0.29, 0.717) is 24.3 Å². The minimum atomic E-state index is -1.37. The highest BCUT2D eigenvalue weighted by atomic mass is 19.1. The largest absolute Gasteiger partial charge is 0.489 e. The molecule has 0 heterocycles. The third-order valence-corrected chi connectivity index (χ3v) is 6.48. The van der Waals surface area contributed by atoms with Crippen molar-refractivity contribution in [1.82, 2.24) is 9.80 Å². The van der Waals surface area contributed by atoms with E-state index in [0.717, 1.165) is 11.1 Å². The van der Waals surface area contributed by atoms with Crippen molar-refractivity contribution in [2.24, 2.45) is 0 Å². The number of halogens is 1. The molecule has 0 aliphatic rings. The lowest BCUT2D eigenvalue weighted by Gasteiger charge is -2.39. The van der Waals surface area contributed by atoms with Crippen LogP contribution in [0.25, 0.3) is 0 Å². The summed E-state index contributed by atoms with van der Waals surface area (Å²) in [4.78, 5) is 17.2. The Morgan fingerprint density at radius 3 is 2.35 bits per heavy atom. The third-order valence-electron chi connectivity index (χ3n) is 6.48. The normalized spacial score (nSPS) is 12.8. The summed E-state index contributed by atoms with van der Waals surface area (Å²) in [6.07, 6.45) is 0.103. The van der Waals surface area contributed by atoms with Gasteiger partial charge < -0.3 is 24.4 Å². The highest BCUT2D eigenvalue weighted by Crippen LogP contribution is 2.24. The van der Waals surface area contributed by atoms with Crippen molar-refractivity contribution in [2.45, 2.75) is 71.7 Å². The number of hydrogen-bond acceptors (Lipinski definition) is 5. The van der Waals surface area contributed by atoms with Gasteiger partial charge in [-0.15, -0.1) is 0 Å². The van der Waals surface area contributed by atoms with Crippen molar-refractivity contribution in [2.75, 3.05) is 7.05 Å². The molecule has 3 rings (SSSR count). The highest BCUT2D eigenvalue weighted by Gasteiger charge is 2.32. The van der Waals surface area contributed by atoms with E-state index in [1.165, 1.54) is 17.0 Å². The van der Waals surface area contributed by atoms with Crippen LogP contribution in [0.5, 0.6) is 5.75 Å².